The lowest BCUT2D eigenvalue weighted by atomic mass is 10.2. The average molecular weight is 221 g/mol. The van der Waals surface area contributed by atoms with E-state index in [1.54, 1.807) is 12.4 Å². The van der Waals surface area contributed by atoms with Gasteiger partial charge in [-0.2, -0.15) is 0 Å². The summed E-state index contributed by atoms with van der Waals surface area (Å²) in [6.07, 6.45) is 3.45. The van der Waals surface area contributed by atoms with E-state index < -0.39 is 0 Å². The fourth-order valence-corrected chi connectivity index (χ4v) is 1.55. The highest BCUT2D eigenvalue weighted by Crippen LogP contribution is 1.97. The number of hydrogen-bond acceptors (Lipinski definition) is 4. The molecule has 1 aromatic rings. The van der Waals surface area contributed by atoms with Gasteiger partial charge in [0, 0.05) is 25.5 Å². The van der Waals surface area contributed by atoms with Gasteiger partial charge in [-0.05, 0) is 11.6 Å². The van der Waals surface area contributed by atoms with E-state index in [9.17, 15) is 4.79 Å². The first-order valence-corrected chi connectivity index (χ1v) is 5.34. The molecule has 1 fully saturated rings. The van der Waals surface area contributed by atoms with Crippen molar-refractivity contribution in [3.05, 3.63) is 30.1 Å². The van der Waals surface area contributed by atoms with Crippen molar-refractivity contribution in [1.82, 2.24) is 15.6 Å². The predicted octanol–water partition coefficient (Wildman–Crippen LogP) is -0.314. The van der Waals surface area contributed by atoms with Crippen molar-refractivity contribution in [2.45, 2.75) is 12.6 Å². The zero-order valence-electron chi connectivity index (χ0n) is 8.98. The van der Waals surface area contributed by atoms with Gasteiger partial charge in [-0.1, -0.05) is 6.07 Å². The van der Waals surface area contributed by atoms with Crippen LogP contribution < -0.4 is 10.6 Å². The van der Waals surface area contributed by atoms with E-state index in [0.29, 0.717) is 19.8 Å². The SMILES string of the molecule is O=C(NCc1cccnc1)C1COCCN1. The van der Waals surface area contributed by atoms with Gasteiger partial charge in [0.15, 0.2) is 0 Å². The minimum absolute atomic E-state index is 0.0245. The topological polar surface area (TPSA) is 63.2 Å². The van der Waals surface area contributed by atoms with Gasteiger partial charge >= 0.3 is 0 Å². The molecule has 0 aliphatic carbocycles. The number of hydrogen-bond donors (Lipinski definition) is 2. The van der Waals surface area contributed by atoms with Crippen molar-refractivity contribution in [3.8, 4) is 0 Å². The molecule has 0 bridgehead atoms. The first-order chi connectivity index (χ1) is 7.86. The standard InChI is InChI=1S/C11H15N3O2/c15-11(10-8-16-5-4-13-10)14-7-9-2-1-3-12-6-9/h1-3,6,10,13H,4-5,7-8H2,(H,14,15). The number of carbonyl (C=O) groups is 1. The third-order valence-corrected chi connectivity index (χ3v) is 2.43. The molecule has 5 heteroatoms. The molecule has 1 atom stereocenters. The highest BCUT2D eigenvalue weighted by Gasteiger charge is 2.20. The highest BCUT2D eigenvalue weighted by molar-refractivity contribution is 5.81. The van der Waals surface area contributed by atoms with Crippen LogP contribution in [-0.4, -0.2) is 36.7 Å². The van der Waals surface area contributed by atoms with Gasteiger partial charge in [0.05, 0.1) is 13.2 Å². The lowest BCUT2D eigenvalue weighted by Crippen LogP contribution is -2.51. The summed E-state index contributed by atoms with van der Waals surface area (Å²) in [5.74, 6) is -0.0245. The van der Waals surface area contributed by atoms with Crippen LogP contribution >= 0.6 is 0 Å². The van der Waals surface area contributed by atoms with Gasteiger partial charge in [0.25, 0.3) is 0 Å². The van der Waals surface area contributed by atoms with Crippen LogP contribution in [0.15, 0.2) is 24.5 Å². The molecule has 0 aromatic carbocycles. The van der Waals surface area contributed by atoms with Gasteiger partial charge in [-0.15, -0.1) is 0 Å². The minimum atomic E-state index is -0.231. The van der Waals surface area contributed by atoms with Crippen LogP contribution in [0.2, 0.25) is 0 Å². The van der Waals surface area contributed by atoms with Crippen LogP contribution in [0.25, 0.3) is 0 Å². The molecule has 1 unspecified atom stereocenters. The number of ether oxygens (including phenoxy) is 1. The highest BCUT2D eigenvalue weighted by atomic mass is 16.5. The van der Waals surface area contributed by atoms with Gasteiger partial charge in [-0.3, -0.25) is 9.78 Å². The fourth-order valence-electron chi connectivity index (χ4n) is 1.55. The molecule has 86 valence electrons. The molecule has 5 nitrogen and oxygen atoms in total. The van der Waals surface area contributed by atoms with E-state index in [1.807, 2.05) is 12.1 Å². The lowest BCUT2D eigenvalue weighted by molar-refractivity contribution is -0.126. The molecule has 0 radical (unpaired) electrons. The zero-order chi connectivity index (χ0) is 11.2. The molecule has 1 aliphatic heterocycles. The Kier molecular flexibility index (Phi) is 3.85. The van der Waals surface area contributed by atoms with Crippen molar-refractivity contribution in [3.63, 3.8) is 0 Å². The second-order valence-electron chi connectivity index (χ2n) is 3.66. The van der Waals surface area contributed by atoms with Crippen LogP contribution in [0, 0.1) is 0 Å². The summed E-state index contributed by atoms with van der Waals surface area (Å²) in [5, 5.41) is 5.95. The number of pyridine rings is 1. The molecular weight excluding hydrogens is 206 g/mol. The summed E-state index contributed by atoms with van der Waals surface area (Å²) in [4.78, 5) is 15.7. The Morgan fingerprint density at radius 3 is 3.31 bits per heavy atom. The van der Waals surface area contributed by atoms with Gasteiger partial charge in [-0.25, -0.2) is 0 Å². The van der Waals surface area contributed by atoms with E-state index in [-0.39, 0.29) is 11.9 Å². The summed E-state index contributed by atoms with van der Waals surface area (Å²) in [6, 6.07) is 3.55. The number of morpholine rings is 1. The Bertz CT molecular complexity index is 336. The predicted molar refractivity (Wildman–Crippen MR) is 58.7 cm³/mol. The summed E-state index contributed by atoms with van der Waals surface area (Å²) in [6.45, 7) is 2.35. The molecule has 2 rings (SSSR count). The molecule has 1 amide bonds. The van der Waals surface area contributed by atoms with Crippen molar-refractivity contribution in [1.29, 1.82) is 0 Å². The molecule has 1 saturated heterocycles. The third kappa shape index (κ3) is 3.01. The summed E-state index contributed by atoms with van der Waals surface area (Å²) < 4.78 is 5.22. The second-order valence-corrected chi connectivity index (χ2v) is 3.66. The number of nitrogens with one attached hydrogen (secondary N) is 2. The molecule has 2 N–H and O–H groups in total. The average Bonchev–Trinajstić information content (AvgIpc) is 2.38. The van der Waals surface area contributed by atoms with Gasteiger partial charge < -0.3 is 15.4 Å². The minimum Gasteiger partial charge on any atom is -0.378 e. The Hall–Kier alpha value is -1.46. The Labute approximate surface area is 94.2 Å². The Morgan fingerprint density at radius 2 is 2.62 bits per heavy atom. The van der Waals surface area contributed by atoms with Crippen molar-refractivity contribution in [2.75, 3.05) is 19.8 Å². The number of nitrogens with zero attached hydrogens (tertiary/aromatic N) is 1. The van der Waals surface area contributed by atoms with E-state index >= 15 is 0 Å². The summed E-state index contributed by atoms with van der Waals surface area (Å²) >= 11 is 0. The number of carbonyl (C=O) groups excluding carboxylic acids is 1. The molecule has 1 aromatic heterocycles. The lowest BCUT2D eigenvalue weighted by Gasteiger charge is -2.22. The van der Waals surface area contributed by atoms with Gasteiger partial charge in [0.2, 0.25) is 5.91 Å². The van der Waals surface area contributed by atoms with Crippen molar-refractivity contribution < 1.29 is 9.53 Å². The van der Waals surface area contributed by atoms with Crippen LogP contribution in [-0.2, 0) is 16.1 Å². The molecular formula is C11H15N3O2. The maximum atomic E-state index is 11.7. The Balaban J connectivity index is 1.79. The van der Waals surface area contributed by atoms with Crippen LogP contribution in [0.3, 0.4) is 0 Å². The maximum absolute atomic E-state index is 11.7. The smallest absolute Gasteiger partial charge is 0.239 e. The quantitative estimate of drug-likeness (QED) is 0.734. The van der Waals surface area contributed by atoms with Crippen LogP contribution in [0.1, 0.15) is 5.56 Å². The maximum Gasteiger partial charge on any atom is 0.239 e. The third-order valence-electron chi connectivity index (χ3n) is 2.43. The summed E-state index contributed by atoms with van der Waals surface area (Å²) in [7, 11) is 0. The molecule has 0 saturated carbocycles. The number of amides is 1. The van der Waals surface area contributed by atoms with Crippen molar-refractivity contribution >= 4 is 5.91 Å². The zero-order valence-corrected chi connectivity index (χ0v) is 8.98. The first kappa shape index (κ1) is 11.0. The Morgan fingerprint density at radius 1 is 1.69 bits per heavy atom. The number of rotatable bonds is 3. The fraction of sp³-hybridized carbons (Fsp3) is 0.455. The number of aromatic nitrogens is 1. The van der Waals surface area contributed by atoms with E-state index in [2.05, 4.69) is 15.6 Å². The largest absolute Gasteiger partial charge is 0.378 e. The van der Waals surface area contributed by atoms with Crippen LogP contribution in [0.5, 0.6) is 0 Å². The molecule has 2 heterocycles. The normalized spacial score (nSPS) is 20.4. The molecule has 1 aliphatic rings. The van der Waals surface area contributed by atoms with E-state index in [1.165, 1.54) is 0 Å². The molecule has 16 heavy (non-hydrogen) atoms. The van der Waals surface area contributed by atoms with Crippen LogP contribution in [0.4, 0.5) is 0 Å². The van der Waals surface area contributed by atoms with E-state index in [4.69, 9.17) is 4.74 Å². The first-order valence-electron chi connectivity index (χ1n) is 5.34. The van der Waals surface area contributed by atoms with E-state index in [0.717, 1.165) is 12.1 Å². The second kappa shape index (κ2) is 5.58. The molecule has 0 spiro atoms. The summed E-state index contributed by atoms with van der Waals surface area (Å²) in [5.41, 5.74) is 0.993. The monoisotopic (exact) mass is 221 g/mol. The van der Waals surface area contributed by atoms with Crippen molar-refractivity contribution in [2.24, 2.45) is 0 Å². The van der Waals surface area contributed by atoms with Gasteiger partial charge in [0.1, 0.15) is 6.04 Å².